The number of methoxy groups -OCH3 is 1. The Bertz CT molecular complexity index is 1560. The van der Waals surface area contributed by atoms with Crippen LogP contribution in [0.1, 0.15) is 43.2 Å². The first kappa shape index (κ1) is 25.4. The van der Waals surface area contributed by atoms with Crippen molar-refractivity contribution in [3.05, 3.63) is 100 Å². The largest absolute Gasteiger partial charge is 0.497 e. The van der Waals surface area contributed by atoms with Crippen molar-refractivity contribution in [2.24, 2.45) is 0 Å². The highest BCUT2D eigenvalue weighted by Crippen LogP contribution is 2.49. The number of carbonyl (C=O) groups is 1. The SMILES string of the molecule is COc1ccc(-n2c(SCC(=O)Nc3ccccc3)nc3c(c2=O)C2(CCCCC2)Cc2ccccc2-3)cc1. The molecule has 4 aromatic rings. The Morgan fingerprint density at radius 3 is 2.44 bits per heavy atom. The molecule has 0 saturated heterocycles. The molecular formula is C32H31N3O3S. The van der Waals surface area contributed by atoms with Gasteiger partial charge in [-0.3, -0.25) is 14.2 Å². The van der Waals surface area contributed by atoms with E-state index in [4.69, 9.17) is 9.72 Å². The maximum atomic E-state index is 14.6. The van der Waals surface area contributed by atoms with E-state index in [-0.39, 0.29) is 22.6 Å². The Labute approximate surface area is 232 Å². The maximum Gasteiger partial charge on any atom is 0.263 e. The Morgan fingerprint density at radius 1 is 0.974 bits per heavy atom. The molecule has 0 aliphatic heterocycles. The van der Waals surface area contributed by atoms with Crippen LogP contribution in [-0.2, 0) is 16.6 Å². The van der Waals surface area contributed by atoms with Crippen LogP contribution >= 0.6 is 11.8 Å². The number of amides is 1. The number of carbonyl (C=O) groups excluding carboxylic acids is 1. The third kappa shape index (κ3) is 4.87. The fourth-order valence-corrected chi connectivity index (χ4v) is 6.90. The topological polar surface area (TPSA) is 73.2 Å². The molecule has 6 nitrogen and oxygen atoms in total. The molecule has 1 heterocycles. The molecule has 0 atom stereocenters. The monoisotopic (exact) mass is 537 g/mol. The molecule has 1 N–H and O–H groups in total. The summed E-state index contributed by atoms with van der Waals surface area (Å²) in [4.78, 5) is 32.6. The van der Waals surface area contributed by atoms with Crippen LogP contribution in [-0.4, -0.2) is 28.3 Å². The minimum absolute atomic E-state index is 0.0347. The number of aromatic nitrogens is 2. The lowest BCUT2D eigenvalue weighted by Crippen LogP contribution is -2.43. The second-order valence-corrected chi connectivity index (χ2v) is 11.3. The van der Waals surface area contributed by atoms with E-state index in [2.05, 4.69) is 23.5 Å². The molecule has 2 aliphatic carbocycles. The van der Waals surface area contributed by atoms with Crippen molar-refractivity contribution in [1.29, 1.82) is 0 Å². The molecule has 0 radical (unpaired) electrons. The van der Waals surface area contributed by atoms with Gasteiger partial charge in [0.25, 0.3) is 5.56 Å². The number of para-hydroxylation sites is 1. The van der Waals surface area contributed by atoms with Gasteiger partial charge < -0.3 is 10.1 Å². The summed E-state index contributed by atoms with van der Waals surface area (Å²) >= 11 is 1.28. The zero-order chi connectivity index (χ0) is 26.8. The van der Waals surface area contributed by atoms with Gasteiger partial charge in [-0.1, -0.05) is 73.5 Å². The quantitative estimate of drug-likeness (QED) is 0.228. The first-order chi connectivity index (χ1) is 19.1. The number of hydrogen-bond donors (Lipinski definition) is 1. The van der Waals surface area contributed by atoms with Gasteiger partial charge in [-0.2, -0.15) is 0 Å². The Morgan fingerprint density at radius 2 is 1.69 bits per heavy atom. The van der Waals surface area contributed by atoms with Crippen molar-refractivity contribution in [1.82, 2.24) is 9.55 Å². The minimum Gasteiger partial charge on any atom is -0.497 e. The molecule has 39 heavy (non-hydrogen) atoms. The molecule has 2 aliphatic rings. The molecule has 198 valence electrons. The van der Waals surface area contributed by atoms with E-state index in [0.717, 1.165) is 54.6 Å². The molecule has 1 fully saturated rings. The molecule has 3 aromatic carbocycles. The number of ether oxygens (including phenoxy) is 1. The Kier molecular flexibility index (Phi) is 7.00. The summed E-state index contributed by atoms with van der Waals surface area (Å²) in [5.41, 5.74) is 5.08. The zero-order valence-corrected chi connectivity index (χ0v) is 22.8. The first-order valence-electron chi connectivity index (χ1n) is 13.5. The van der Waals surface area contributed by atoms with Crippen molar-refractivity contribution in [3.63, 3.8) is 0 Å². The molecular weight excluding hydrogens is 506 g/mol. The second-order valence-electron chi connectivity index (χ2n) is 10.3. The van der Waals surface area contributed by atoms with Gasteiger partial charge in [-0.25, -0.2) is 4.98 Å². The number of rotatable bonds is 6. The van der Waals surface area contributed by atoms with Gasteiger partial charge in [0.15, 0.2) is 5.16 Å². The maximum absolute atomic E-state index is 14.6. The van der Waals surface area contributed by atoms with E-state index < -0.39 is 0 Å². The van der Waals surface area contributed by atoms with Crippen molar-refractivity contribution in [3.8, 4) is 22.7 Å². The molecule has 1 amide bonds. The van der Waals surface area contributed by atoms with Crippen molar-refractivity contribution >= 4 is 23.4 Å². The van der Waals surface area contributed by atoms with Crippen LogP contribution in [0.4, 0.5) is 5.69 Å². The van der Waals surface area contributed by atoms with Crippen molar-refractivity contribution < 1.29 is 9.53 Å². The number of thioether (sulfide) groups is 1. The zero-order valence-electron chi connectivity index (χ0n) is 22.0. The number of nitrogens with zero attached hydrogens (tertiary/aromatic N) is 2. The fraction of sp³-hybridized carbons (Fsp3) is 0.281. The van der Waals surface area contributed by atoms with E-state index in [9.17, 15) is 9.59 Å². The molecule has 0 bridgehead atoms. The summed E-state index contributed by atoms with van der Waals surface area (Å²) in [5, 5.41) is 3.44. The minimum atomic E-state index is -0.214. The number of fused-ring (bicyclic) bond motifs is 4. The lowest BCUT2D eigenvalue weighted by molar-refractivity contribution is -0.113. The first-order valence-corrected chi connectivity index (χ1v) is 14.4. The highest BCUT2D eigenvalue weighted by atomic mass is 32.2. The van der Waals surface area contributed by atoms with Crippen LogP contribution < -0.4 is 15.6 Å². The van der Waals surface area contributed by atoms with E-state index in [1.54, 1.807) is 11.7 Å². The Balaban J connectivity index is 1.48. The van der Waals surface area contributed by atoms with Crippen LogP contribution in [0.2, 0.25) is 0 Å². The normalized spacial score (nSPS) is 15.3. The van der Waals surface area contributed by atoms with E-state index >= 15 is 0 Å². The summed E-state index contributed by atoms with van der Waals surface area (Å²) in [7, 11) is 1.62. The van der Waals surface area contributed by atoms with Crippen molar-refractivity contribution in [2.75, 3.05) is 18.2 Å². The third-order valence-electron chi connectivity index (χ3n) is 7.92. The number of hydrogen-bond acceptors (Lipinski definition) is 5. The van der Waals surface area contributed by atoms with Crippen molar-refractivity contribution in [2.45, 2.75) is 49.1 Å². The van der Waals surface area contributed by atoms with Gasteiger partial charge in [0.1, 0.15) is 5.75 Å². The second kappa shape index (κ2) is 10.7. The highest BCUT2D eigenvalue weighted by Gasteiger charge is 2.43. The van der Waals surface area contributed by atoms with Gasteiger partial charge in [0.2, 0.25) is 5.91 Å². The molecule has 1 spiro atoms. The van der Waals surface area contributed by atoms with E-state index in [0.29, 0.717) is 16.6 Å². The van der Waals surface area contributed by atoms with Crippen LogP contribution in [0, 0.1) is 0 Å². The average Bonchev–Trinajstić information content (AvgIpc) is 2.97. The van der Waals surface area contributed by atoms with Crippen LogP contribution in [0.3, 0.4) is 0 Å². The lowest BCUT2D eigenvalue weighted by atomic mass is 9.62. The third-order valence-corrected chi connectivity index (χ3v) is 8.85. The van der Waals surface area contributed by atoms with E-state index in [1.807, 2.05) is 60.7 Å². The average molecular weight is 538 g/mol. The number of benzene rings is 3. The molecule has 6 rings (SSSR count). The summed E-state index contributed by atoms with van der Waals surface area (Å²) < 4.78 is 7.06. The lowest BCUT2D eigenvalue weighted by Gasteiger charge is -2.42. The summed E-state index contributed by atoms with van der Waals surface area (Å²) in [6, 6.07) is 25.2. The van der Waals surface area contributed by atoms with Crippen LogP contribution in [0.5, 0.6) is 5.75 Å². The predicted octanol–water partition coefficient (Wildman–Crippen LogP) is 6.40. The number of anilines is 1. The van der Waals surface area contributed by atoms with Gasteiger partial charge in [0, 0.05) is 16.7 Å². The molecule has 1 aromatic heterocycles. The van der Waals surface area contributed by atoms with Crippen LogP contribution in [0.25, 0.3) is 16.9 Å². The fourth-order valence-electron chi connectivity index (χ4n) is 6.09. The Hall–Kier alpha value is -3.84. The molecule has 1 saturated carbocycles. The molecule has 0 unspecified atom stereocenters. The summed E-state index contributed by atoms with van der Waals surface area (Å²) in [6.07, 6.45) is 6.25. The summed E-state index contributed by atoms with van der Waals surface area (Å²) in [6.45, 7) is 0. The van der Waals surface area contributed by atoms with Gasteiger partial charge in [-0.05, 0) is 61.2 Å². The smallest absolute Gasteiger partial charge is 0.263 e. The van der Waals surface area contributed by atoms with Gasteiger partial charge in [-0.15, -0.1) is 0 Å². The van der Waals surface area contributed by atoms with Crippen LogP contribution in [0.15, 0.2) is 88.8 Å². The van der Waals surface area contributed by atoms with E-state index in [1.165, 1.54) is 23.7 Å². The molecule has 7 heteroatoms. The van der Waals surface area contributed by atoms with Gasteiger partial charge in [0.05, 0.1) is 29.8 Å². The highest BCUT2D eigenvalue weighted by molar-refractivity contribution is 7.99. The number of nitrogens with one attached hydrogen (secondary N) is 1. The predicted molar refractivity (Wildman–Crippen MR) is 156 cm³/mol. The standard InChI is InChI=1S/C32H31N3O3S/c1-38-25-16-14-24(15-17-25)35-30(37)28-29(34-31(35)39-21-27(36)33-23-11-4-2-5-12-23)26-13-7-6-10-22(26)20-32(28)18-8-3-9-19-32/h2,4-7,10-17H,3,8-9,18-21H2,1H3,(H,33,36). The van der Waals surface area contributed by atoms with Gasteiger partial charge >= 0.3 is 0 Å². The summed E-state index contributed by atoms with van der Waals surface area (Å²) in [5.74, 6) is 0.693.